The average Bonchev–Trinajstić information content (AvgIpc) is 3.08. The van der Waals surface area contributed by atoms with Crippen LogP contribution in [0, 0.1) is 0 Å². The Labute approximate surface area is 163 Å². The Morgan fingerprint density at radius 2 is 1.85 bits per heavy atom. The molecule has 0 aliphatic heterocycles. The first-order valence-electron chi connectivity index (χ1n) is 7.52. The minimum absolute atomic E-state index is 0.231. The lowest BCUT2D eigenvalue weighted by Crippen LogP contribution is -2.28. The van der Waals surface area contributed by atoms with Crippen LogP contribution in [0.3, 0.4) is 0 Å². The Balaban J connectivity index is 1.46. The molecular weight excluding hydrogens is 440 g/mol. The largest absolute Gasteiger partial charge is 0.367 e. The Kier molecular flexibility index (Phi) is 6.14. The molecular formula is C15H15BrN6O2S2. The van der Waals surface area contributed by atoms with Crippen molar-refractivity contribution in [1.29, 1.82) is 0 Å². The van der Waals surface area contributed by atoms with Crippen LogP contribution in [-0.2, 0) is 10.0 Å². The fraction of sp³-hybridized carbons (Fsp3) is 0.133. The van der Waals surface area contributed by atoms with Crippen molar-refractivity contribution in [2.45, 2.75) is 4.21 Å². The standard InChI is InChI=1S/C15H15BrN6O2S2/c16-12-3-6-15(25-12)26(23,24)19-9-8-18-13-4-5-14(22-21-13)20-11-2-1-7-17-10-11/h1-7,10,19H,8-9H2,(H,18,21)(H,20,22). The van der Waals surface area contributed by atoms with Crippen molar-refractivity contribution in [2.24, 2.45) is 0 Å². The first kappa shape index (κ1) is 18.7. The maximum absolute atomic E-state index is 12.1. The van der Waals surface area contributed by atoms with Crippen molar-refractivity contribution in [2.75, 3.05) is 23.7 Å². The summed E-state index contributed by atoms with van der Waals surface area (Å²) in [6, 6.07) is 10.5. The van der Waals surface area contributed by atoms with E-state index < -0.39 is 10.0 Å². The van der Waals surface area contributed by atoms with E-state index in [1.807, 2.05) is 12.1 Å². The number of halogens is 1. The summed E-state index contributed by atoms with van der Waals surface area (Å²) in [5, 5.41) is 14.2. The van der Waals surface area contributed by atoms with E-state index in [1.54, 1.807) is 36.7 Å². The van der Waals surface area contributed by atoms with E-state index in [9.17, 15) is 8.42 Å². The van der Waals surface area contributed by atoms with Gasteiger partial charge in [0.25, 0.3) is 0 Å². The van der Waals surface area contributed by atoms with Crippen LogP contribution in [0.5, 0.6) is 0 Å². The second-order valence-corrected chi connectivity index (χ2v) is 9.51. The third-order valence-corrected chi connectivity index (χ3v) is 6.71. The van der Waals surface area contributed by atoms with Crippen molar-refractivity contribution in [3.63, 3.8) is 0 Å². The lowest BCUT2D eigenvalue weighted by atomic mass is 10.4. The van der Waals surface area contributed by atoms with Crippen LogP contribution in [0.25, 0.3) is 0 Å². The molecule has 3 rings (SSSR count). The quantitative estimate of drug-likeness (QED) is 0.448. The van der Waals surface area contributed by atoms with Crippen LogP contribution in [0.2, 0.25) is 0 Å². The van der Waals surface area contributed by atoms with Crippen LogP contribution in [0.15, 0.2) is 56.8 Å². The third-order valence-electron chi connectivity index (χ3n) is 3.14. The molecule has 136 valence electrons. The van der Waals surface area contributed by atoms with Crippen LogP contribution >= 0.6 is 27.3 Å². The lowest BCUT2D eigenvalue weighted by molar-refractivity contribution is 0.585. The zero-order valence-electron chi connectivity index (χ0n) is 13.4. The van der Waals surface area contributed by atoms with Crippen molar-refractivity contribution in [3.05, 3.63) is 52.6 Å². The van der Waals surface area contributed by atoms with Gasteiger partial charge in [-0.2, -0.15) is 0 Å². The highest BCUT2D eigenvalue weighted by Gasteiger charge is 2.15. The summed E-state index contributed by atoms with van der Waals surface area (Å²) in [4.78, 5) is 4.01. The molecule has 3 N–H and O–H groups in total. The molecule has 3 aromatic heterocycles. The van der Waals surface area contributed by atoms with Gasteiger partial charge >= 0.3 is 0 Å². The molecule has 0 saturated carbocycles. The van der Waals surface area contributed by atoms with Gasteiger partial charge in [0.05, 0.1) is 15.7 Å². The fourth-order valence-corrected chi connectivity index (χ4v) is 5.05. The highest BCUT2D eigenvalue weighted by atomic mass is 79.9. The Hall–Kier alpha value is -2.08. The molecule has 8 nitrogen and oxygen atoms in total. The number of aromatic nitrogens is 3. The van der Waals surface area contributed by atoms with Gasteiger partial charge in [-0.15, -0.1) is 21.5 Å². The van der Waals surface area contributed by atoms with Crippen LogP contribution in [0.4, 0.5) is 17.3 Å². The van der Waals surface area contributed by atoms with Gasteiger partial charge in [-0.3, -0.25) is 4.98 Å². The highest BCUT2D eigenvalue weighted by Crippen LogP contribution is 2.25. The van der Waals surface area contributed by atoms with Crippen LogP contribution in [-0.4, -0.2) is 36.7 Å². The number of thiophene rings is 1. The zero-order valence-corrected chi connectivity index (χ0v) is 16.6. The van der Waals surface area contributed by atoms with Gasteiger partial charge in [0.1, 0.15) is 10.0 Å². The Morgan fingerprint density at radius 3 is 2.50 bits per heavy atom. The molecule has 0 aliphatic carbocycles. The predicted molar refractivity (Wildman–Crippen MR) is 105 cm³/mol. The first-order chi connectivity index (χ1) is 12.5. The summed E-state index contributed by atoms with van der Waals surface area (Å²) >= 11 is 4.42. The number of anilines is 3. The second kappa shape index (κ2) is 8.54. The number of pyridine rings is 1. The van der Waals surface area contributed by atoms with Gasteiger partial charge in [-0.25, -0.2) is 13.1 Å². The van der Waals surface area contributed by atoms with Gasteiger partial charge in [-0.05, 0) is 52.3 Å². The van der Waals surface area contributed by atoms with Gasteiger partial charge in [0.15, 0.2) is 5.82 Å². The number of nitrogens with one attached hydrogen (secondary N) is 3. The summed E-state index contributed by atoms with van der Waals surface area (Å²) in [7, 11) is -3.49. The van der Waals surface area contributed by atoms with E-state index in [-0.39, 0.29) is 10.8 Å². The molecule has 0 radical (unpaired) electrons. The van der Waals surface area contributed by atoms with Crippen molar-refractivity contribution in [3.8, 4) is 0 Å². The summed E-state index contributed by atoms with van der Waals surface area (Å²) in [5.41, 5.74) is 0.817. The van der Waals surface area contributed by atoms with Crippen LogP contribution in [0.1, 0.15) is 0 Å². The molecule has 0 aromatic carbocycles. The zero-order chi connectivity index (χ0) is 18.4. The van der Waals surface area contributed by atoms with E-state index in [0.717, 1.165) is 20.8 Å². The average molecular weight is 455 g/mol. The van der Waals surface area contributed by atoms with Crippen molar-refractivity contribution in [1.82, 2.24) is 19.9 Å². The van der Waals surface area contributed by atoms with E-state index in [4.69, 9.17) is 0 Å². The lowest BCUT2D eigenvalue weighted by Gasteiger charge is -2.08. The van der Waals surface area contributed by atoms with Crippen LogP contribution < -0.4 is 15.4 Å². The van der Waals surface area contributed by atoms with E-state index in [0.29, 0.717) is 18.2 Å². The number of rotatable bonds is 8. The third kappa shape index (κ3) is 5.21. The molecule has 0 saturated heterocycles. The number of hydrogen-bond donors (Lipinski definition) is 3. The number of sulfonamides is 1. The summed E-state index contributed by atoms with van der Waals surface area (Å²) in [6.45, 7) is 0.616. The molecule has 0 amide bonds. The Bertz CT molecular complexity index is 948. The molecule has 3 heterocycles. The molecule has 0 atom stereocenters. The smallest absolute Gasteiger partial charge is 0.250 e. The molecule has 26 heavy (non-hydrogen) atoms. The minimum atomic E-state index is -3.49. The van der Waals surface area contributed by atoms with E-state index in [2.05, 4.69) is 46.5 Å². The fourth-order valence-electron chi connectivity index (χ4n) is 1.97. The van der Waals surface area contributed by atoms with Gasteiger partial charge in [0.2, 0.25) is 10.0 Å². The maximum atomic E-state index is 12.1. The van der Waals surface area contributed by atoms with Gasteiger partial charge < -0.3 is 10.6 Å². The van der Waals surface area contributed by atoms with Gasteiger partial charge in [0, 0.05) is 19.3 Å². The number of nitrogens with zero attached hydrogens (tertiary/aromatic N) is 3. The molecule has 11 heteroatoms. The second-order valence-electron chi connectivity index (χ2n) is 5.05. The van der Waals surface area contributed by atoms with Crippen molar-refractivity contribution >= 4 is 54.6 Å². The molecule has 3 aromatic rings. The van der Waals surface area contributed by atoms with E-state index >= 15 is 0 Å². The highest BCUT2D eigenvalue weighted by molar-refractivity contribution is 9.11. The molecule has 0 spiro atoms. The maximum Gasteiger partial charge on any atom is 0.250 e. The topological polar surface area (TPSA) is 109 Å². The SMILES string of the molecule is O=S(=O)(NCCNc1ccc(Nc2cccnc2)nn1)c1ccc(Br)s1. The van der Waals surface area contributed by atoms with Gasteiger partial charge in [-0.1, -0.05) is 0 Å². The van der Waals surface area contributed by atoms with Crippen molar-refractivity contribution < 1.29 is 8.42 Å². The molecule has 0 fully saturated rings. The molecule has 0 unspecified atom stereocenters. The first-order valence-corrected chi connectivity index (χ1v) is 10.6. The summed E-state index contributed by atoms with van der Waals surface area (Å²) < 4.78 is 27.7. The Morgan fingerprint density at radius 1 is 1.04 bits per heavy atom. The minimum Gasteiger partial charge on any atom is -0.367 e. The predicted octanol–water partition coefficient (Wildman–Crippen LogP) is 2.83. The normalized spacial score (nSPS) is 11.3. The molecule has 0 bridgehead atoms. The van der Waals surface area contributed by atoms with E-state index in [1.165, 1.54) is 0 Å². The monoisotopic (exact) mass is 454 g/mol. The summed E-state index contributed by atoms with van der Waals surface area (Å²) in [5.74, 6) is 1.15. The summed E-state index contributed by atoms with van der Waals surface area (Å²) in [6.07, 6.45) is 3.38. The molecule has 0 aliphatic rings. The number of hydrogen-bond acceptors (Lipinski definition) is 8.